The third-order valence-electron chi connectivity index (χ3n) is 7.42. The molecular weight excluding hydrogens is 526 g/mol. The Morgan fingerprint density at radius 2 is 1.48 bits per heavy atom. The van der Waals surface area contributed by atoms with E-state index < -0.39 is 6.04 Å². The van der Waals surface area contributed by atoms with Crippen LogP contribution in [0.15, 0.2) is 72.8 Å². The minimum absolute atomic E-state index is 0.0955. The SMILES string of the molecule is CC(NC(=O)N[C@H](c1ccc(C(=O)Nc2nn[nH]n2)cc1)c1ccc(C2CCCCC2)cc1)c1ccc(Cl)cc1. The molecule has 1 saturated carbocycles. The van der Waals surface area contributed by atoms with Gasteiger partial charge in [0.15, 0.2) is 0 Å². The van der Waals surface area contributed by atoms with Crippen molar-refractivity contribution in [1.29, 1.82) is 0 Å². The molecule has 4 N–H and O–H groups in total. The summed E-state index contributed by atoms with van der Waals surface area (Å²) in [6.07, 6.45) is 6.30. The maximum absolute atomic E-state index is 13.2. The van der Waals surface area contributed by atoms with Crippen molar-refractivity contribution in [2.45, 2.75) is 57.0 Å². The van der Waals surface area contributed by atoms with Gasteiger partial charge in [-0.1, -0.05) is 84.5 Å². The number of halogens is 1. The highest BCUT2D eigenvalue weighted by Crippen LogP contribution is 2.33. The summed E-state index contributed by atoms with van der Waals surface area (Å²) in [5.41, 5.74) is 4.52. The Kier molecular flexibility index (Phi) is 8.71. The molecule has 0 saturated heterocycles. The largest absolute Gasteiger partial charge is 0.332 e. The number of tetrazole rings is 1. The van der Waals surface area contributed by atoms with E-state index in [0.29, 0.717) is 16.5 Å². The molecule has 0 bridgehead atoms. The van der Waals surface area contributed by atoms with Crippen LogP contribution < -0.4 is 16.0 Å². The van der Waals surface area contributed by atoms with Gasteiger partial charge in [-0.15, -0.1) is 5.10 Å². The lowest BCUT2D eigenvalue weighted by atomic mass is 9.83. The van der Waals surface area contributed by atoms with Crippen molar-refractivity contribution in [3.63, 3.8) is 0 Å². The molecule has 1 fully saturated rings. The topological polar surface area (TPSA) is 125 Å². The molecule has 3 amide bonds. The van der Waals surface area contributed by atoms with Crippen LogP contribution in [0.1, 0.15) is 89.6 Å². The average molecular weight is 558 g/mol. The van der Waals surface area contributed by atoms with Gasteiger partial charge in [-0.25, -0.2) is 4.79 Å². The molecule has 0 radical (unpaired) electrons. The maximum Gasteiger partial charge on any atom is 0.316 e. The van der Waals surface area contributed by atoms with E-state index in [1.165, 1.54) is 37.7 Å². The molecule has 0 spiro atoms. The molecule has 3 aromatic carbocycles. The zero-order valence-electron chi connectivity index (χ0n) is 22.2. The van der Waals surface area contributed by atoms with Crippen LogP contribution in [0.25, 0.3) is 0 Å². The second-order valence-corrected chi connectivity index (χ2v) is 10.6. The lowest BCUT2D eigenvalue weighted by Crippen LogP contribution is -2.39. The van der Waals surface area contributed by atoms with Gasteiger partial charge in [-0.05, 0) is 77.4 Å². The molecular formula is C30H32ClN7O2. The quantitative estimate of drug-likeness (QED) is 0.202. The van der Waals surface area contributed by atoms with Gasteiger partial charge in [0.1, 0.15) is 0 Å². The molecule has 1 heterocycles. The highest BCUT2D eigenvalue weighted by atomic mass is 35.5. The number of nitrogens with one attached hydrogen (secondary N) is 4. The summed E-state index contributed by atoms with van der Waals surface area (Å²) in [5.74, 6) is 0.330. The summed E-state index contributed by atoms with van der Waals surface area (Å²) in [6.45, 7) is 1.92. The third kappa shape index (κ3) is 6.84. The van der Waals surface area contributed by atoms with Crippen molar-refractivity contribution in [1.82, 2.24) is 31.3 Å². The number of aromatic amines is 1. The highest BCUT2D eigenvalue weighted by Gasteiger charge is 2.21. The second kappa shape index (κ2) is 12.7. The fraction of sp³-hybridized carbons (Fsp3) is 0.300. The van der Waals surface area contributed by atoms with Crippen LogP contribution in [0.2, 0.25) is 5.02 Å². The molecule has 40 heavy (non-hydrogen) atoms. The van der Waals surface area contributed by atoms with E-state index >= 15 is 0 Å². The molecule has 2 atom stereocenters. The Morgan fingerprint density at radius 1 is 0.850 bits per heavy atom. The van der Waals surface area contributed by atoms with E-state index in [-0.39, 0.29) is 23.9 Å². The second-order valence-electron chi connectivity index (χ2n) is 10.1. The molecule has 4 aromatic rings. The zero-order chi connectivity index (χ0) is 27.9. The molecule has 1 aromatic heterocycles. The first-order chi connectivity index (χ1) is 19.5. The number of benzene rings is 3. The van der Waals surface area contributed by atoms with Crippen LogP contribution in [-0.2, 0) is 0 Å². The van der Waals surface area contributed by atoms with E-state index in [1.807, 2.05) is 31.2 Å². The number of anilines is 1. The van der Waals surface area contributed by atoms with Crippen molar-refractivity contribution < 1.29 is 9.59 Å². The molecule has 1 aliphatic rings. The number of carbonyl (C=O) groups excluding carboxylic acids is 2. The minimum atomic E-state index is -0.424. The summed E-state index contributed by atoms with van der Waals surface area (Å²) < 4.78 is 0. The van der Waals surface area contributed by atoms with Crippen molar-refractivity contribution in [2.24, 2.45) is 0 Å². The van der Waals surface area contributed by atoms with Gasteiger partial charge < -0.3 is 10.6 Å². The van der Waals surface area contributed by atoms with Gasteiger partial charge in [0.05, 0.1) is 12.1 Å². The first kappa shape index (κ1) is 27.3. The number of amides is 3. The van der Waals surface area contributed by atoms with Crippen molar-refractivity contribution in [3.8, 4) is 0 Å². The molecule has 10 heteroatoms. The van der Waals surface area contributed by atoms with Crippen LogP contribution in [0, 0.1) is 0 Å². The molecule has 9 nitrogen and oxygen atoms in total. The lowest BCUT2D eigenvalue weighted by Gasteiger charge is -2.24. The lowest BCUT2D eigenvalue weighted by molar-refractivity contribution is 0.102. The molecule has 1 unspecified atom stereocenters. The van der Waals surface area contributed by atoms with Crippen molar-refractivity contribution in [3.05, 3.63) is 106 Å². The van der Waals surface area contributed by atoms with Crippen molar-refractivity contribution in [2.75, 3.05) is 5.32 Å². The fourth-order valence-corrected chi connectivity index (χ4v) is 5.30. The van der Waals surface area contributed by atoms with Crippen LogP contribution in [0.3, 0.4) is 0 Å². The van der Waals surface area contributed by atoms with E-state index in [2.05, 4.69) is 60.8 Å². The van der Waals surface area contributed by atoms with Crippen LogP contribution >= 0.6 is 11.6 Å². The average Bonchev–Trinajstić information content (AvgIpc) is 3.50. The van der Waals surface area contributed by atoms with Crippen molar-refractivity contribution >= 4 is 29.5 Å². The van der Waals surface area contributed by atoms with Gasteiger partial charge >= 0.3 is 6.03 Å². The predicted octanol–water partition coefficient (Wildman–Crippen LogP) is 6.30. The Labute approximate surface area is 238 Å². The molecule has 206 valence electrons. The van der Waals surface area contributed by atoms with Crippen LogP contribution in [0.5, 0.6) is 0 Å². The third-order valence-corrected chi connectivity index (χ3v) is 7.67. The number of aromatic nitrogens is 4. The summed E-state index contributed by atoms with van der Waals surface area (Å²) in [4.78, 5) is 25.8. The standard InChI is InChI=1S/C30H32ClN7O2/c1-19(20-15-17-26(31)18-16-20)32-30(40)33-27(23-9-7-22(8-10-23)21-5-3-2-4-6-21)24-11-13-25(14-12-24)28(39)34-29-35-37-38-36-29/h7-19,21,27H,2-6H2,1H3,(H2,32,33,40)(H2,34,35,36,37,38,39)/t19?,27-/m0/s1. The van der Waals surface area contributed by atoms with E-state index in [0.717, 1.165) is 16.7 Å². The highest BCUT2D eigenvalue weighted by molar-refractivity contribution is 6.30. The first-order valence-electron chi connectivity index (χ1n) is 13.5. The van der Waals surface area contributed by atoms with E-state index in [4.69, 9.17) is 11.6 Å². The van der Waals surface area contributed by atoms with Crippen LogP contribution in [-0.4, -0.2) is 32.6 Å². The monoisotopic (exact) mass is 557 g/mol. The van der Waals surface area contributed by atoms with Crippen LogP contribution in [0.4, 0.5) is 10.7 Å². The van der Waals surface area contributed by atoms with Gasteiger partial charge in [-0.3, -0.25) is 10.1 Å². The van der Waals surface area contributed by atoms with Gasteiger partial charge in [0, 0.05) is 10.6 Å². The number of hydrogen-bond donors (Lipinski definition) is 4. The number of hydrogen-bond acceptors (Lipinski definition) is 5. The van der Waals surface area contributed by atoms with Gasteiger partial charge in [0.25, 0.3) is 11.9 Å². The fourth-order valence-electron chi connectivity index (χ4n) is 5.18. The number of carbonyl (C=O) groups is 2. The summed E-state index contributed by atoms with van der Waals surface area (Å²) in [6, 6.07) is 22.1. The molecule has 5 rings (SSSR count). The summed E-state index contributed by atoms with van der Waals surface area (Å²) >= 11 is 6.02. The maximum atomic E-state index is 13.2. The number of nitrogens with zero attached hydrogens (tertiary/aromatic N) is 3. The molecule has 0 aliphatic heterocycles. The Hall–Kier alpha value is -4.24. The van der Waals surface area contributed by atoms with E-state index in [9.17, 15) is 9.59 Å². The zero-order valence-corrected chi connectivity index (χ0v) is 23.0. The van der Waals surface area contributed by atoms with Gasteiger partial charge in [-0.2, -0.15) is 5.21 Å². The van der Waals surface area contributed by atoms with E-state index in [1.54, 1.807) is 24.3 Å². The Balaban J connectivity index is 1.35. The molecule has 1 aliphatic carbocycles. The normalized spacial score (nSPS) is 15.2. The first-order valence-corrected chi connectivity index (χ1v) is 13.9. The Bertz CT molecular complexity index is 1400. The number of rotatable bonds is 8. The number of urea groups is 1. The van der Waals surface area contributed by atoms with Gasteiger partial charge in [0.2, 0.25) is 0 Å². The number of H-pyrrole nitrogens is 1. The smallest absolute Gasteiger partial charge is 0.316 e. The summed E-state index contributed by atoms with van der Waals surface area (Å²) in [5, 5.41) is 22.6. The Morgan fingerprint density at radius 3 is 2.10 bits per heavy atom. The predicted molar refractivity (Wildman–Crippen MR) is 154 cm³/mol. The summed E-state index contributed by atoms with van der Waals surface area (Å²) in [7, 11) is 0. The minimum Gasteiger partial charge on any atom is -0.332 e.